The van der Waals surface area contributed by atoms with Crippen molar-refractivity contribution < 1.29 is 14.2 Å². The number of hydrogen-bond acceptors (Lipinski definition) is 2. The van der Waals surface area contributed by atoms with Crippen molar-refractivity contribution in [2.45, 2.75) is 44.6 Å². The van der Waals surface area contributed by atoms with Crippen molar-refractivity contribution in [3.05, 3.63) is 65.5 Å². The minimum atomic E-state index is -0.248. The van der Waals surface area contributed by atoms with Crippen LogP contribution in [0.25, 0.3) is 11.1 Å². The fourth-order valence-electron chi connectivity index (χ4n) is 3.48. The number of methoxy groups -OCH3 is 1. The van der Waals surface area contributed by atoms with Gasteiger partial charge in [-0.1, -0.05) is 49.8 Å². The van der Waals surface area contributed by atoms with Gasteiger partial charge in [-0.15, -0.1) is 0 Å². The number of aryl methyl sites for hydroxylation is 1. The van der Waals surface area contributed by atoms with Gasteiger partial charge in [0.1, 0.15) is 11.6 Å². The van der Waals surface area contributed by atoms with Crippen LogP contribution in [0.2, 0.25) is 0 Å². The zero-order valence-corrected chi connectivity index (χ0v) is 14.8. The van der Waals surface area contributed by atoms with E-state index in [4.69, 9.17) is 4.74 Å². The molecule has 1 aliphatic rings. The summed E-state index contributed by atoms with van der Waals surface area (Å²) in [7, 11) is 1.71. The van der Waals surface area contributed by atoms with Gasteiger partial charge in [0.15, 0.2) is 0 Å². The van der Waals surface area contributed by atoms with Gasteiger partial charge in [-0.25, -0.2) is 4.39 Å². The van der Waals surface area contributed by atoms with E-state index >= 15 is 0 Å². The number of phenols is 1. The molecule has 2 nitrogen and oxygen atoms in total. The third kappa shape index (κ3) is 3.93. The van der Waals surface area contributed by atoms with Gasteiger partial charge < -0.3 is 9.84 Å². The number of phenolic OH excluding ortho intramolecular Hbond substituents is 1. The molecule has 132 valence electrons. The summed E-state index contributed by atoms with van der Waals surface area (Å²) in [4.78, 5) is 0. The minimum absolute atomic E-state index is 0.171. The molecule has 2 aromatic rings. The number of benzene rings is 2. The first-order chi connectivity index (χ1) is 12.1. The Kier molecular flexibility index (Phi) is 5.54. The maximum absolute atomic E-state index is 14.7. The van der Waals surface area contributed by atoms with E-state index < -0.39 is 0 Å². The molecule has 3 rings (SSSR count). The molecule has 0 amide bonds. The number of aromatic hydroxyl groups is 1. The van der Waals surface area contributed by atoms with E-state index in [0.717, 1.165) is 36.8 Å². The van der Waals surface area contributed by atoms with Crippen LogP contribution in [0.1, 0.15) is 43.2 Å². The van der Waals surface area contributed by atoms with Gasteiger partial charge in [-0.3, -0.25) is 0 Å². The molecular weight excluding hydrogens is 315 g/mol. The SMILES string of the molecule is CCCc1ccc(-c2ccc(C3C=CC(OC)CC3)cc2F)cc1O. The largest absolute Gasteiger partial charge is 0.508 e. The summed E-state index contributed by atoms with van der Waals surface area (Å²) < 4.78 is 20.0. The van der Waals surface area contributed by atoms with Crippen molar-refractivity contribution in [2.24, 2.45) is 0 Å². The molecule has 2 aromatic carbocycles. The highest BCUT2D eigenvalue weighted by molar-refractivity contribution is 5.67. The average Bonchev–Trinajstić information content (AvgIpc) is 2.63. The zero-order valence-electron chi connectivity index (χ0n) is 14.8. The Hall–Kier alpha value is -2.13. The Balaban J connectivity index is 1.84. The zero-order chi connectivity index (χ0) is 17.8. The van der Waals surface area contributed by atoms with E-state index in [0.29, 0.717) is 11.1 Å². The normalized spacial score (nSPS) is 20.0. The molecule has 3 heteroatoms. The summed E-state index contributed by atoms with van der Waals surface area (Å²) in [6.45, 7) is 2.07. The van der Waals surface area contributed by atoms with Crippen molar-refractivity contribution in [1.82, 2.24) is 0 Å². The molecule has 0 heterocycles. The first-order valence-electron chi connectivity index (χ1n) is 8.95. The molecule has 0 radical (unpaired) electrons. The summed E-state index contributed by atoms with van der Waals surface area (Å²) in [5.74, 6) is 0.223. The number of halogens is 1. The first-order valence-corrected chi connectivity index (χ1v) is 8.95. The molecule has 0 saturated heterocycles. The molecule has 1 aliphatic carbocycles. The highest BCUT2D eigenvalue weighted by Gasteiger charge is 2.18. The molecule has 1 N–H and O–H groups in total. The van der Waals surface area contributed by atoms with Crippen LogP contribution in [0.15, 0.2) is 48.6 Å². The monoisotopic (exact) mass is 340 g/mol. The van der Waals surface area contributed by atoms with Gasteiger partial charge in [-0.05, 0) is 48.1 Å². The Labute approximate surface area is 149 Å². The van der Waals surface area contributed by atoms with Crippen molar-refractivity contribution in [3.8, 4) is 16.9 Å². The second kappa shape index (κ2) is 7.83. The van der Waals surface area contributed by atoms with Crippen molar-refractivity contribution >= 4 is 0 Å². The maximum atomic E-state index is 14.7. The summed E-state index contributed by atoms with van der Waals surface area (Å²) in [5.41, 5.74) is 3.12. The maximum Gasteiger partial charge on any atom is 0.131 e. The van der Waals surface area contributed by atoms with Crippen LogP contribution in [0, 0.1) is 5.82 Å². The summed E-state index contributed by atoms with van der Waals surface area (Å²) in [5, 5.41) is 10.1. The first kappa shape index (κ1) is 17.7. The predicted molar refractivity (Wildman–Crippen MR) is 99.4 cm³/mol. The predicted octanol–water partition coefficient (Wildman–Crippen LogP) is 5.60. The molecule has 2 unspecified atom stereocenters. The summed E-state index contributed by atoms with van der Waals surface area (Å²) in [6.07, 6.45) is 8.04. The standard InChI is InChI=1S/C22H25FO2/c1-3-4-16-5-6-18(14-22(16)24)20-12-9-17(13-21(20)23)15-7-10-19(25-2)11-8-15/h5-7,9-10,12-15,19,24H,3-4,8,11H2,1-2H3. The van der Waals surface area contributed by atoms with Gasteiger partial charge in [0.05, 0.1) is 6.10 Å². The molecular formula is C22H25FO2. The molecule has 0 bridgehead atoms. The van der Waals surface area contributed by atoms with E-state index in [1.54, 1.807) is 19.2 Å². The van der Waals surface area contributed by atoms with Crippen LogP contribution in [-0.2, 0) is 11.2 Å². The van der Waals surface area contributed by atoms with Gasteiger partial charge in [-0.2, -0.15) is 0 Å². The van der Waals surface area contributed by atoms with Crippen molar-refractivity contribution in [3.63, 3.8) is 0 Å². The lowest BCUT2D eigenvalue weighted by Crippen LogP contribution is -2.14. The second-order valence-corrected chi connectivity index (χ2v) is 6.68. The number of allylic oxidation sites excluding steroid dienone is 1. The third-order valence-corrected chi connectivity index (χ3v) is 4.96. The molecule has 2 atom stereocenters. The van der Waals surface area contributed by atoms with Crippen LogP contribution in [-0.4, -0.2) is 18.3 Å². The smallest absolute Gasteiger partial charge is 0.131 e. The van der Waals surface area contributed by atoms with Crippen LogP contribution >= 0.6 is 0 Å². The van der Waals surface area contributed by atoms with Gasteiger partial charge >= 0.3 is 0 Å². The summed E-state index contributed by atoms with van der Waals surface area (Å²) in [6, 6.07) is 10.8. The summed E-state index contributed by atoms with van der Waals surface area (Å²) >= 11 is 0. The highest BCUT2D eigenvalue weighted by atomic mass is 19.1. The van der Waals surface area contributed by atoms with Gasteiger partial charge in [0.25, 0.3) is 0 Å². The lowest BCUT2D eigenvalue weighted by atomic mass is 9.87. The Morgan fingerprint density at radius 1 is 1.12 bits per heavy atom. The fraction of sp³-hybridized carbons (Fsp3) is 0.364. The van der Waals surface area contributed by atoms with E-state index in [1.807, 2.05) is 24.3 Å². The van der Waals surface area contributed by atoms with Gasteiger partial charge in [0.2, 0.25) is 0 Å². The van der Waals surface area contributed by atoms with Crippen molar-refractivity contribution in [1.29, 1.82) is 0 Å². The Morgan fingerprint density at radius 2 is 1.96 bits per heavy atom. The van der Waals surface area contributed by atoms with E-state index in [9.17, 15) is 9.50 Å². The molecule has 25 heavy (non-hydrogen) atoms. The van der Waals surface area contributed by atoms with Crippen LogP contribution in [0.5, 0.6) is 5.75 Å². The van der Waals surface area contributed by atoms with Crippen molar-refractivity contribution in [2.75, 3.05) is 7.11 Å². The molecule has 0 spiro atoms. The second-order valence-electron chi connectivity index (χ2n) is 6.68. The third-order valence-electron chi connectivity index (χ3n) is 4.96. The molecule has 0 saturated carbocycles. The fourth-order valence-corrected chi connectivity index (χ4v) is 3.48. The minimum Gasteiger partial charge on any atom is -0.508 e. The lowest BCUT2D eigenvalue weighted by molar-refractivity contribution is 0.126. The average molecular weight is 340 g/mol. The van der Waals surface area contributed by atoms with E-state index in [1.165, 1.54) is 0 Å². The van der Waals surface area contributed by atoms with Gasteiger partial charge in [0, 0.05) is 18.6 Å². The molecule has 0 fully saturated rings. The lowest BCUT2D eigenvalue weighted by Gasteiger charge is -2.22. The molecule has 0 aromatic heterocycles. The number of ether oxygens (including phenoxy) is 1. The van der Waals surface area contributed by atoms with E-state index in [2.05, 4.69) is 19.1 Å². The highest BCUT2D eigenvalue weighted by Crippen LogP contribution is 2.33. The quantitative estimate of drug-likeness (QED) is 0.718. The Morgan fingerprint density at radius 3 is 2.56 bits per heavy atom. The van der Waals surface area contributed by atoms with E-state index in [-0.39, 0.29) is 23.6 Å². The Bertz CT molecular complexity index is 767. The molecule has 0 aliphatic heterocycles. The number of hydrogen-bond donors (Lipinski definition) is 1. The topological polar surface area (TPSA) is 29.5 Å². The number of rotatable bonds is 5. The van der Waals surface area contributed by atoms with Crippen LogP contribution in [0.3, 0.4) is 0 Å². The van der Waals surface area contributed by atoms with Crippen LogP contribution < -0.4 is 0 Å². The van der Waals surface area contributed by atoms with Crippen LogP contribution in [0.4, 0.5) is 4.39 Å².